The van der Waals surface area contributed by atoms with Crippen LogP contribution in [0.5, 0.6) is 5.75 Å². The molecule has 0 aliphatic rings. The van der Waals surface area contributed by atoms with E-state index in [0.717, 1.165) is 11.5 Å². The van der Waals surface area contributed by atoms with Crippen molar-refractivity contribution >= 4 is 11.8 Å². The summed E-state index contributed by atoms with van der Waals surface area (Å²) in [5.41, 5.74) is 3.77. The van der Waals surface area contributed by atoms with Crippen molar-refractivity contribution < 1.29 is 4.74 Å². The zero-order valence-electron chi connectivity index (χ0n) is 10.8. The van der Waals surface area contributed by atoms with Gasteiger partial charge in [0, 0.05) is 17.4 Å². The maximum absolute atomic E-state index is 5.54. The van der Waals surface area contributed by atoms with E-state index >= 15 is 0 Å². The molecule has 16 heavy (non-hydrogen) atoms. The van der Waals surface area contributed by atoms with Crippen LogP contribution in [0, 0.1) is 13.8 Å². The van der Waals surface area contributed by atoms with Gasteiger partial charge in [-0.2, -0.15) is 11.8 Å². The second-order valence-corrected chi connectivity index (χ2v) is 4.84. The van der Waals surface area contributed by atoms with Crippen molar-refractivity contribution in [2.45, 2.75) is 19.9 Å². The number of hydrogen-bond donors (Lipinski definition) is 1. The third kappa shape index (κ3) is 2.71. The van der Waals surface area contributed by atoms with Crippen LogP contribution in [-0.4, -0.2) is 26.2 Å². The Balaban J connectivity index is 3.16. The Hall–Kier alpha value is -0.670. The van der Waals surface area contributed by atoms with Gasteiger partial charge in [-0.3, -0.25) is 0 Å². The van der Waals surface area contributed by atoms with Crippen molar-refractivity contribution in [1.82, 2.24) is 5.32 Å². The fourth-order valence-electron chi connectivity index (χ4n) is 1.85. The molecule has 0 amide bonds. The Kier molecular flexibility index (Phi) is 5.16. The van der Waals surface area contributed by atoms with Crippen LogP contribution in [0.4, 0.5) is 0 Å². The lowest BCUT2D eigenvalue weighted by atomic mass is 10.00. The third-order valence-electron chi connectivity index (χ3n) is 2.97. The lowest BCUT2D eigenvalue weighted by molar-refractivity contribution is 0.400. The second-order valence-electron chi connectivity index (χ2n) is 3.93. The molecule has 1 rings (SSSR count). The molecule has 0 aliphatic heterocycles. The number of aryl methyl sites for hydroxylation is 1. The van der Waals surface area contributed by atoms with Gasteiger partial charge in [0.05, 0.1) is 7.11 Å². The van der Waals surface area contributed by atoms with E-state index in [1.54, 1.807) is 7.11 Å². The van der Waals surface area contributed by atoms with E-state index < -0.39 is 0 Å². The highest BCUT2D eigenvalue weighted by Crippen LogP contribution is 2.31. The SMILES string of the molecule is CNC(CSC)c1ccc(C)c(C)c1OC. The normalized spacial score (nSPS) is 12.6. The van der Waals surface area contributed by atoms with Crippen molar-refractivity contribution in [3.63, 3.8) is 0 Å². The van der Waals surface area contributed by atoms with Crippen LogP contribution >= 0.6 is 11.8 Å². The standard InChI is InChI=1S/C13H21NOS/c1-9-6-7-11(12(14-3)8-16-5)13(15-4)10(9)2/h6-7,12,14H,8H2,1-5H3. The number of thioether (sulfide) groups is 1. The number of methoxy groups -OCH3 is 1. The van der Waals surface area contributed by atoms with Gasteiger partial charge >= 0.3 is 0 Å². The molecule has 0 heterocycles. The molecule has 0 fully saturated rings. The van der Waals surface area contributed by atoms with E-state index in [4.69, 9.17) is 4.74 Å². The number of benzene rings is 1. The fourth-order valence-corrected chi connectivity index (χ4v) is 2.53. The van der Waals surface area contributed by atoms with E-state index in [1.807, 2.05) is 18.8 Å². The lowest BCUT2D eigenvalue weighted by Gasteiger charge is -2.20. The molecule has 1 atom stereocenters. The monoisotopic (exact) mass is 239 g/mol. The summed E-state index contributed by atoms with van der Waals surface area (Å²) in [6, 6.07) is 4.68. The Bertz CT molecular complexity index is 352. The van der Waals surface area contributed by atoms with Crippen LogP contribution < -0.4 is 10.1 Å². The molecule has 0 spiro atoms. The summed E-state index contributed by atoms with van der Waals surface area (Å²) in [6.45, 7) is 4.23. The molecule has 0 aliphatic carbocycles. The van der Waals surface area contributed by atoms with Gasteiger partial charge in [0.15, 0.2) is 0 Å². The molecule has 1 N–H and O–H groups in total. The van der Waals surface area contributed by atoms with Crippen LogP contribution in [-0.2, 0) is 0 Å². The zero-order chi connectivity index (χ0) is 12.1. The first-order valence-corrected chi connectivity index (χ1v) is 6.85. The van der Waals surface area contributed by atoms with Crippen molar-refractivity contribution in [1.29, 1.82) is 0 Å². The predicted molar refractivity (Wildman–Crippen MR) is 72.7 cm³/mol. The molecule has 3 heteroatoms. The molecule has 0 radical (unpaired) electrons. The quantitative estimate of drug-likeness (QED) is 0.853. The Morgan fingerprint density at radius 2 is 2.06 bits per heavy atom. The third-order valence-corrected chi connectivity index (χ3v) is 3.64. The van der Waals surface area contributed by atoms with Gasteiger partial charge < -0.3 is 10.1 Å². The smallest absolute Gasteiger partial charge is 0.126 e. The van der Waals surface area contributed by atoms with Crippen LogP contribution in [0.2, 0.25) is 0 Å². The maximum Gasteiger partial charge on any atom is 0.126 e. The number of nitrogens with one attached hydrogen (secondary N) is 1. The van der Waals surface area contributed by atoms with E-state index in [0.29, 0.717) is 6.04 Å². The predicted octanol–water partition coefficient (Wildman–Crippen LogP) is 2.94. The summed E-state index contributed by atoms with van der Waals surface area (Å²) in [4.78, 5) is 0. The number of rotatable bonds is 5. The topological polar surface area (TPSA) is 21.3 Å². The van der Waals surface area contributed by atoms with E-state index in [1.165, 1.54) is 16.7 Å². The molecule has 1 aromatic carbocycles. The summed E-state index contributed by atoms with van der Waals surface area (Å²) >= 11 is 1.84. The summed E-state index contributed by atoms with van der Waals surface area (Å²) in [6.07, 6.45) is 2.12. The summed E-state index contributed by atoms with van der Waals surface area (Å²) < 4.78 is 5.54. The van der Waals surface area contributed by atoms with Crippen LogP contribution in [0.15, 0.2) is 12.1 Å². The van der Waals surface area contributed by atoms with E-state index in [-0.39, 0.29) is 0 Å². The maximum atomic E-state index is 5.54. The molecule has 90 valence electrons. The minimum Gasteiger partial charge on any atom is -0.496 e. The van der Waals surface area contributed by atoms with Gasteiger partial charge in [-0.05, 0) is 38.3 Å². The van der Waals surface area contributed by atoms with Crippen LogP contribution in [0.3, 0.4) is 0 Å². The van der Waals surface area contributed by atoms with Gasteiger partial charge in [-0.1, -0.05) is 12.1 Å². The highest BCUT2D eigenvalue weighted by molar-refractivity contribution is 7.98. The molecule has 0 aromatic heterocycles. The van der Waals surface area contributed by atoms with Gasteiger partial charge in [0.2, 0.25) is 0 Å². The van der Waals surface area contributed by atoms with Crippen LogP contribution in [0.25, 0.3) is 0 Å². The minimum atomic E-state index is 0.351. The summed E-state index contributed by atoms with van der Waals surface area (Å²) in [7, 11) is 3.74. The molecule has 1 aromatic rings. The lowest BCUT2D eigenvalue weighted by Crippen LogP contribution is -2.19. The molecule has 0 saturated carbocycles. The first kappa shape index (κ1) is 13.4. The molecule has 0 bridgehead atoms. The van der Waals surface area contributed by atoms with Gasteiger partial charge in [-0.15, -0.1) is 0 Å². The van der Waals surface area contributed by atoms with Crippen molar-refractivity contribution in [3.8, 4) is 5.75 Å². The summed E-state index contributed by atoms with van der Waals surface area (Å²) in [5, 5.41) is 3.34. The van der Waals surface area contributed by atoms with Gasteiger partial charge in [0.25, 0.3) is 0 Å². The average Bonchev–Trinajstić information content (AvgIpc) is 2.29. The van der Waals surface area contributed by atoms with Crippen molar-refractivity contribution in [2.75, 3.05) is 26.2 Å². The Morgan fingerprint density at radius 1 is 1.38 bits per heavy atom. The fraction of sp³-hybridized carbons (Fsp3) is 0.538. The molecular weight excluding hydrogens is 218 g/mol. The van der Waals surface area contributed by atoms with Crippen molar-refractivity contribution in [2.24, 2.45) is 0 Å². The van der Waals surface area contributed by atoms with Gasteiger partial charge in [0.1, 0.15) is 5.75 Å². The Morgan fingerprint density at radius 3 is 2.56 bits per heavy atom. The highest BCUT2D eigenvalue weighted by atomic mass is 32.2. The molecular formula is C13H21NOS. The molecule has 1 unspecified atom stereocenters. The largest absolute Gasteiger partial charge is 0.496 e. The van der Waals surface area contributed by atoms with E-state index in [2.05, 4.69) is 37.6 Å². The Labute approximate surface area is 103 Å². The summed E-state index contributed by atoms with van der Waals surface area (Å²) in [5.74, 6) is 2.07. The zero-order valence-corrected chi connectivity index (χ0v) is 11.6. The van der Waals surface area contributed by atoms with Crippen LogP contribution in [0.1, 0.15) is 22.7 Å². The van der Waals surface area contributed by atoms with Crippen molar-refractivity contribution in [3.05, 3.63) is 28.8 Å². The van der Waals surface area contributed by atoms with Gasteiger partial charge in [-0.25, -0.2) is 0 Å². The van der Waals surface area contributed by atoms with E-state index in [9.17, 15) is 0 Å². The highest BCUT2D eigenvalue weighted by Gasteiger charge is 2.16. The average molecular weight is 239 g/mol. The first-order chi connectivity index (χ1) is 7.65. The number of ether oxygens (including phenoxy) is 1. The second kappa shape index (κ2) is 6.16. The first-order valence-electron chi connectivity index (χ1n) is 5.46. The minimum absolute atomic E-state index is 0.351. The molecule has 2 nitrogen and oxygen atoms in total. The number of hydrogen-bond acceptors (Lipinski definition) is 3. The molecule has 0 saturated heterocycles.